The number of rotatable bonds is 7. The Bertz CT molecular complexity index is 656. The lowest BCUT2D eigenvalue weighted by molar-refractivity contribution is 0.564. The first-order valence-corrected chi connectivity index (χ1v) is 9.58. The van der Waals surface area contributed by atoms with E-state index in [1.807, 2.05) is 6.92 Å². The third-order valence-electron chi connectivity index (χ3n) is 2.31. The summed E-state index contributed by atoms with van der Waals surface area (Å²) in [6, 6.07) is 2.06. The normalized spacial score (nSPS) is 13.9. The molecule has 114 valence electrons. The summed E-state index contributed by atoms with van der Waals surface area (Å²) in [7, 11) is -7.01. The highest BCUT2D eigenvalue weighted by atomic mass is 32.2. The van der Waals surface area contributed by atoms with Gasteiger partial charge in [0.15, 0.2) is 0 Å². The molecule has 0 fully saturated rings. The minimum Gasteiger partial charge on any atom is -0.370 e. The summed E-state index contributed by atoms with van der Waals surface area (Å²) in [5.74, 6) is 0.198. The molecule has 0 saturated carbocycles. The van der Waals surface area contributed by atoms with E-state index in [4.69, 9.17) is 0 Å². The van der Waals surface area contributed by atoms with Crippen LogP contribution in [0, 0.1) is 0 Å². The van der Waals surface area contributed by atoms with Crippen LogP contribution in [0.2, 0.25) is 0 Å². The quantitative estimate of drug-likeness (QED) is 0.744. The molecule has 1 atom stereocenters. The second kappa shape index (κ2) is 6.51. The first-order valence-electron chi connectivity index (χ1n) is 6.04. The number of sulfonamides is 1. The van der Waals surface area contributed by atoms with E-state index in [1.165, 1.54) is 25.3 Å². The lowest BCUT2D eigenvalue weighted by atomic mass is 10.4. The lowest BCUT2D eigenvalue weighted by Gasteiger charge is -2.13. The zero-order chi connectivity index (χ0) is 15.4. The fraction of sp³-hybridized carbons (Fsp3) is 0.545. The van der Waals surface area contributed by atoms with Gasteiger partial charge in [-0.05, 0) is 19.9 Å². The highest BCUT2D eigenvalue weighted by Crippen LogP contribution is 2.13. The molecule has 0 aliphatic heterocycles. The Balaban J connectivity index is 2.91. The maximum Gasteiger partial charge on any atom is 0.241 e. The molecule has 1 aromatic rings. The van der Waals surface area contributed by atoms with Crippen LogP contribution in [0.1, 0.15) is 13.8 Å². The number of hydrogen-bond donors (Lipinski definition) is 2. The number of aromatic nitrogens is 1. The van der Waals surface area contributed by atoms with Crippen LogP contribution in [0.25, 0.3) is 0 Å². The molecule has 1 rings (SSSR count). The predicted molar refractivity (Wildman–Crippen MR) is 77.9 cm³/mol. The number of sulfone groups is 1. The third-order valence-corrected chi connectivity index (χ3v) is 5.00. The van der Waals surface area contributed by atoms with Crippen LogP contribution in [0.3, 0.4) is 0 Å². The molecule has 0 aliphatic rings. The highest BCUT2D eigenvalue weighted by Gasteiger charge is 2.20. The van der Waals surface area contributed by atoms with Gasteiger partial charge >= 0.3 is 0 Å². The van der Waals surface area contributed by atoms with Gasteiger partial charge in [0.2, 0.25) is 10.0 Å². The van der Waals surface area contributed by atoms with Crippen LogP contribution in [0.4, 0.5) is 5.82 Å². The molecule has 0 aliphatic carbocycles. The summed E-state index contributed by atoms with van der Waals surface area (Å²) in [4.78, 5) is 4.03. The van der Waals surface area contributed by atoms with Gasteiger partial charge in [0.1, 0.15) is 15.7 Å². The summed E-state index contributed by atoms with van der Waals surface area (Å²) in [5, 5.41) is 2.91. The Kier molecular flexibility index (Phi) is 5.49. The average Bonchev–Trinajstić information content (AvgIpc) is 2.26. The third kappa shape index (κ3) is 5.43. The van der Waals surface area contributed by atoms with Gasteiger partial charge in [-0.1, -0.05) is 0 Å². The number of nitrogens with one attached hydrogen (secondary N) is 2. The van der Waals surface area contributed by atoms with E-state index in [9.17, 15) is 16.8 Å². The zero-order valence-corrected chi connectivity index (χ0v) is 13.3. The van der Waals surface area contributed by atoms with Gasteiger partial charge in [-0.2, -0.15) is 0 Å². The number of anilines is 1. The Labute approximate surface area is 119 Å². The van der Waals surface area contributed by atoms with Gasteiger partial charge in [0.05, 0.1) is 10.6 Å². The summed E-state index contributed by atoms with van der Waals surface area (Å²) < 4.78 is 48.9. The summed E-state index contributed by atoms with van der Waals surface area (Å²) in [5.41, 5.74) is 0. The van der Waals surface area contributed by atoms with Crippen molar-refractivity contribution in [3.63, 3.8) is 0 Å². The molecule has 20 heavy (non-hydrogen) atoms. The summed E-state index contributed by atoms with van der Waals surface area (Å²) in [6.45, 7) is 3.99. The summed E-state index contributed by atoms with van der Waals surface area (Å²) in [6.07, 6.45) is 2.45. The Morgan fingerprint density at radius 2 is 1.95 bits per heavy atom. The van der Waals surface area contributed by atoms with Crippen molar-refractivity contribution in [2.24, 2.45) is 0 Å². The van der Waals surface area contributed by atoms with E-state index in [-0.39, 0.29) is 10.6 Å². The number of nitrogens with zero attached hydrogens (tertiary/aromatic N) is 1. The average molecular weight is 321 g/mol. The maximum atomic E-state index is 12.1. The minimum atomic E-state index is -3.77. The fourth-order valence-electron chi connectivity index (χ4n) is 1.68. The molecule has 0 radical (unpaired) electrons. The van der Waals surface area contributed by atoms with Gasteiger partial charge in [0.25, 0.3) is 0 Å². The number of pyridine rings is 1. The van der Waals surface area contributed by atoms with Gasteiger partial charge in [-0.3, -0.25) is 0 Å². The van der Waals surface area contributed by atoms with Crippen LogP contribution >= 0.6 is 0 Å². The van der Waals surface area contributed by atoms with Crippen LogP contribution in [0.15, 0.2) is 23.2 Å². The molecule has 7 nitrogen and oxygen atoms in total. The van der Waals surface area contributed by atoms with Crippen molar-refractivity contribution in [1.29, 1.82) is 0 Å². The SMILES string of the molecule is CCNc1cc(S(=O)(=O)NC(C)CS(C)(=O)=O)ccn1. The van der Waals surface area contributed by atoms with Crippen molar-refractivity contribution < 1.29 is 16.8 Å². The first-order chi connectivity index (χ1) is 9.14. The van der Waals surface area contributed by atoms with Crippen molar-refractivity contribution in [2.45, 2.75) is 24.8 Å². The van der Waals surface area contributed by atoms with E-state index < -0.39 is 25.9 Å². The van der Waals surface area contributed by atoms with Gasteiger partial charge in [-0.25, -0.2) is 26.5 Å². The number of hydrogen-bond acceptors (Lipinski definition) is 6. The second-order valence-electron chi connectivity index (χ2n) is 4.52. The topological polar surface area (TPSA) is 105 Å². The van der Waals surface area contributed by atoms with E-state index in [2.05, 4.69) is 15.0 Å². The molecule has 0 amide bonds. The van der Waals surface area contributed by atoms with Gasteiger partial charge in [0, 0.05) is 31.1 Å². The van der Waals surface area contributed by atoms with E-state index >= 15 is 0 Å². The molecular weight excluding hydrogens is 302 g/mol. The molecule has 9 heteroatoms. The molecule has 2 N–H and O–H groups in total. The molecule has 0 aromatic carbocycles. The second-order valence-corrected chi connectivity index (χ2v) is 8.42. The largest absolute Gasteiger partial charge is 0.370 e. The smallest absolute Gasteiger partial charge is 0.241 e. The van der Waals surface area contributed by atoms with E-state index in [0.29, 0.717) is 12.4 Å². The molecule has 1 unspecified atom stereocenters. The van der Waals surface area contributed by atoms with Crippen molar-refractivity contribution in [1.82, 2.24) is 9.71 Å². The summed E-state index contributed by atoms with van der Waals surface area (Å²) >= 11 is 0. The van der Waals surface area contributed by atoms with Crippen molar-refractivity contribution >= 4 is 25.7 Å². The lowest BCUT2D eigenvalue weighted by Crippen LogP contribution is -2.37. The Morgan fingerprint density at radius 3 is 2.50 bits per heavy atom. The molecule has 1 heterocycles. The predicted octanol–water partition coefficient (Wildman–Crippen LogP) is 0.225. The Morgan fingerprint density at radius 1 is 1.30 bits per heavy atom. The van der Waals surface area contributed by atoms with Crippen LogP contribution in [-0.4, -0.2) is 46.4 Å². The monoisotopic (exact) mass is 321 g/mol. The van der Waals surface area contributed by atoms with Crippen LogP contribution < -0.4 is 10.0 Å². The molecule has 0 saturated heterocycles. The standard InChI is InChI=1S/C11H19N3O4S2/c1-4-12-11-7-10(5-6-13-11)20(17,18)14-9(2)8-19(3,15)16/h5-7,9,14H,4,8H2,1-3H3,(H,12,13). The van der Waals surface area contributed by atoms with Gasteiger partial charge < -0.3 is 5.32 Å². The van der Waals surface area contributed by atoms with E-state index in [1.54, 1.807) is 0 Å². The van der Waals surface area contributed by atoms with Crippen LogP contribution in [0.5, 0.6) is 0 Å². The van der Waals surface area contributed by atoms with Gasteiger partial charge in [-0.15, -0.1) is 0 Å². The van der Waals surface area contributed by atoms with Crippen LogP contribution in [-0.2, 0) is 19.9 Å². The van der Waals surface area contributed by atoms with Crippen molar-refractivity contribution in [2.75, 3.05) is 23.9 Å². The highest BCUT2D eigenvalue weighted by molar-refractivity contribution is 7.91. The molecule has 0 spiro atoms. The zero-order valence-electron chi connectivity index (χ0n) is 11.6. The molecule has 1 aromatic heterocycles. The first kappa shape index (κ1) is 16.9. The molecule has 0 bridgehead atoms. The fourth-order valence-corrected chi connectivity index (χ4v) is 4.03. The van der Waals surface area contributed by atoms with Crippen molar-refractivity contribution in [3.05, 3.63) is 18.3 Å². The van der Waals surface area contributed by atoms with E-state index in [0.717, 1.165) is 6.26 Å². The minimum absolute atomic E-state index is 0.0452. The Hall–Kier alpha value is -1.19. The maximum absolute atomic E-state index is 12.1. The molecular formula is C11H19N3O4S2. The van der Waals surface area contributed by atoms with Crippen molar-refractivity contribution in [3.8, 4) is 0 Å².